The Balaban J connectivity index is 1.56. The lowest BCUT2D eigenvalue weighted by molar-refractivity contribution is -0.118. The Labute approximate surface area is 143 Å². The summed E-state index contributed by atoms with van der Waals surface area (Å²) in [5, 5.41) is 2.14. The highest BCUT2D eigenvalue weighted by molar-refractivity contribution is 5.95. The lowest BCUT2D eigenvalue weighted by Gasteiger charge is -2.16. The maximum absolute atomic E-state index is 13.5. The maximum Gasteiger partial charge on any atom is 0.262 e. The van der Waals surface area contributed by atoms with Crippen molar-refractivity contribution in [2.45, 2.75) is 12.8 Å². The molecular weight excluding hydrogens is 330 g/mol. The van der Waals surface area contributed by atoms with Crippen molar-refractivity contribution in [1.29, 1.82) is 0 Å². The van der Waals surface area contributed by atoms with Gasteiger partial charge >= 0.3 is 0 Å². The molecule has 0 aliphatic carbocycles. The standard InChI is InChI=1S/C18H16F2N2O3/c19-14-3-1-4-15(20)18(14)21-16(23)11-25-13-8-6-12(7-9-13)22-10-2-5-17(22)24/h1,3-4,6-9H,2,5,10-11H2,(H,21,23). The monoisotopic (exact) mass is 346 g/mol. The maximum atomic E-state index is 13.5. The summed E-state index contributed by atoms with van der Waals surface area (Å²) < 4.78 is 32.2. The van der Waals surface area contributed by atoms with Crippen molar-refractivity contribution in [3.8, 4) is 5.75 Å². The number of amides is 2. The Morgan fingerprint density at radius 1 is 1.12 bits per heavy atom. The summed E-state index contributed by atoms with van der Waals surface area (Å²) in [5.74, 6) is -1.89. The smallest absolute Gasteiger partial charge is 0.262 e. The fraction of sp³-hybridized carbons (Fsp3) is 0.222. The van der Waals surface area contributed by atoms with Gasteiger partial charge in [-0.25, -0.2) is 8.78 Å². The van der Waals surface area contributed by atoms with Gasteiger partial charge in [0.25, 0.3) is 5.91 Å². The first kappa shape index (κ1) is 16.9. The number of hydrogen-bond acceptors (Lipinski definition) is 3. The number of nitrogens with zero attached hydrogens (tertiary/aromatic N) is 1. The molecule has 1 heterocycles. The van der Waals surface area contributed by atoms with Crippen LogP contribution in [-0.2, 0) is 9.59 Å². The molecular formula is C18H16F2N2O3. The van der Waals surface area contributed by atoms with Crippen LogP contribution >= 0.6 is 0 Å². The van der Waals surface area contributed by atoms with Crippen LogP contribution in [0.4, 0.5) is 20.2 Å². The quantitative estimate of drug-likeness (QED) is 0.905. The summed E-state index contributed by atoms with van der Waals surface area (Å²) in [7, 11) is 0. The van der Waals surface area contributed by atoms with Crippen LogP contribution in [0.15, 0.2) is 42.5 Å². The average Bonchev–Trinajstić information content (AvgIpc) is 3.03. The van der Waals surface area contributed by atoms with Gasteiger partial charge in [0.15, 0.2) is 6.61 Å². The Hall–Kier alpha value is -2.96. The normalized spacial score (nSPS) is 13.8. The SMILES string of the molecule is O=C(COc1ccc(N2CCCC2=O)cc1)Nc1c(F)cccc1F. The molecule has 0 bridgehead atoms. The third-order valence-corrected chi connectivity index (χ3v) is 3.82. The molecule has 2 amide bonds. The summed E-state index contributed by atoms with van der Waals surface area (Å²) in [6, 6.07) is 10.1. The van der Waals surface area contributed by atoms with Gasteiger partial charge < -0.3 is 15.0 Å². The highest BCUT2D eigenvalue weighted by Gasteiger charge is 2.21. The van der Waals surface area contributed by atoms with E-state index in [2.05, 4.69) is 5.32 Å². The van der Waals surface area contributed by atoms with Crippen LogP contribution in [-0.4, -0.2) is 25.0 Å². The van der Waals surface area contributed by atoms with Gasteiger partial charge in [0.1, 0.15) is 23.1 Å². The molecule has 3 rings (SSSR count). The van der Waals surface area contributed by atoms with Gasteiger partial charge in [0.2, 0.25) is 5.91 Å². The molecule has 1 aliphatic rings. The minimum Gasteiger partial charge on any atom is -0.484 e. The fourth-order valence-electron chi connectivity index (χ4n) is 2.59. The molecule has 0 saturated carbocycles. The van der Waals surface area contributed by atoms with Crippen molar-refractivity contribution in [3.05, 3.63) is 54.1 Å². The van der Waals surface area contributed by atoms with E-state index >= 15 is 0 Å². The third-order valence-electron chi connectivity index (χ3n) is 3.82. The van der Waals surface area contributed by atoms with Crippen LogP contribution in [0.3, 0.4) is 0 Å². The van der Waals surface area contributed by atoms with Crippen LogP contribution in [0.25, 0.3) is 0 Å². The molecule has 7 heteroatoms. The molecule has 1 fully saturated rings. The largest absolute Gasteiger partial charge is 0.484 e. The first-order chi connectivity index (χ1) is 12.0. The van der Waals surface area contributed by atoms with E-state index in [0.29, 0.717) is 18.7 Å². The number of para-hydroxylation sites is 1. The molecule has 1 saturated heterocycles. The first-order valence-corrected chi connectivity index (χ1v) is 7.81. The van der Waals surface area contributed by atoms with E-state index < -0.39 is 29.8 Å². The van der Waals surface area contributed by atoms with Crippen LogP contribution in [0.2, 0.25) is 0 Å². The highest BCUT2D eigenvalue weighted by Crippen LogP contribution is 2.24. The number of hydrogen-bond donors (Lipinski definition) is 1. The number of benzene rings is 2. The number of nitrogens with one attached hydrogen (secondary N) is 1. The zero-order valence-corrected chi connectivity index (χ0v) is 13.3. The van der Waals surface area contributed by atoms with Gasteiger partial charge in [-0.3, -0.25) is 9.59 Å². The summed E-state index contributed by atoms with van der Waals surface area (Å²) in [6.07, 6.45) is 1.38. The predicted molar refractivity (Wildman–Crippen MR) is 88.5 cm³/mol. The van der Waals surface area contributed by atoms with Crippen molar-refractivity contribution in [2.75, 3.05) is 23.4 Å². The van der Waals surface area contributed by atoms with Crippen molar-refractivity contribution in [3.63, 3.8) is 0 Å². The summed E-state index contributed by atoms with van der Waals surface area (Å²) in [6.45, 7) is 0.297. The van der Waals surface area contributed by atoms with E-state index in [1.807, 2.05) is 0 Å². The number of carbonyl (C=O) groups is 2. The Kier molecular flexibility index (Phi) is 4.92. The van der Waals surface area contributed by atoms with Gasteiger partial charge in [-0.05, 0) is 42.8 Å². The van der Waals surface area contributed by atoms with Gasteiger partial charge in [-0.2, -0.15) is 0 Å². The van der Waals surface area contributed by atoms with Gasteiger partial charge in [-0.15, -0.1) is 0 Å². The van der Waals surface area contributed by atoms with Gasteiger partial charge in [0.05, 0.1) is 0 Å². The van der Waals surface area contributed by atoms with Crippen molar-refractivity contribution in [1.82, 2.24) is 0 Å². The van der Waals surface area contributed by atoms with E-state index in [1.54, 1.807) is 29.2 Å². The molecule has 0 atom stereocenters. The van der Waals surface area contributed by atoms with Gasteiger partial charge in [0, 0.05) is 18.7 Å². The summed E-state index contributed by atoms with van der Waals surface area (Å²) in [5.41, 5.74) is 0.270. The second-order valence-corrected chi connectivity index (χ2v) is 5.58. The van der Waals surface area contributed by atoms with Crippen LogP contribution in [0.5, 0.6) is 5.75 Å². The van der Waals surface area contributed by atoms with Crippen molar-refractivity contribution in [2.24, 2.45) is 0 Å². The second-order valence-electron chi connectivity index (χ2n) is 5.58. The zero-order valence-electron chi connectivity index (χ0n) is 13.3. The van der Waals surface area contributed by atoms with Crippen molar-refractivity contribution >= 4 is 23.2 Å². The predicted octanol–water partition coefficient (Wildman–Crippen LogP) is 3.11. The Morgan fingerprint density at radius 3 is 2.40 bits per heavy atom. The number of ether oxygens (including phenoxy) is 1. The van der Waals surface area contributed by atoms with E-state index in [4.69, 9.17) is 4.74 Å². The molecule has 0 spiro atoms. The molecule has 130 valence electrons. The van der Waals surface area contributed by atoms with E-state index in [9.17, 15) is 18.4 Å². The summed E-state index contributed by atoms with van der Waals surface area (Å²) in [4.78, 5) is 25.2. The van der Waals surface area contributed by atoms with Crippen LogP contribution in [0.1, 0.15) is 12.8 Å². The first-order valence-electron chi connectivity index (χ1n) is 7.81. The van der Waals surface area contributed by atoms with Crippen LogP contribution < -0.4 is 15.0 Å². The van der Waals surface area contributed by atoms with Gasteiger partial charge in [-0.1, -0.05) is 6.07 Å². The fourth-order valence-corrected chi connectivity index (χ4v) is 2.59. The zero-order chi connectivity index (χ0) is 17.8. The highest BCUT2D eigenvalue weighted by atomic mass is 19.1. The minimum absolute atomic E-state index is 0.0833. The van der Waals surface area contributed by atoms with E-state index in [0.717, 1.165) is 24.2 Å². The number of carbonyl (C=O) groups excluding carboxylic acids is 2. The van der Waals surface area contributed by atoms with Crippen LogP contribution in [0, 0.1) is 11.6 Å². The minimum atomic E-state index is -0.854. The molecule has 0 unspecified atom stereocenters. The molecule has 1 N–H and O–H groups in total. The number of rotatable bonds is 5. The third kappa shape index (κ3) is 3.93. The lowest BCUT2D eigenvalue weighted by Crippen LogP contribution is -2.23. The molecule has 2 aromatic rings. The lowest BCUT2D eigenvalue weighted by atomic mass is 10.3. The Bertz CT molecular complexity index is 773. The molecule has 1 aliphatic heterocycles. The molecule has 0 radical (unpaired) electrons. The topological polar surface area (TPSA) is 58.6 Å². The molecule has 5 nitrogen and oxygen atoms in total. The number of anilines is 2. The number of halogens is 2. The molecule has 25 heavy (non-hydrogen) atoms. The van der Waals surface area contributed by atoms with E-state index in [1.165, 1.54) is 6.07 Å². The van der Waals surface area contributed by atoms with E-state index in [-0.39, 0.29) is 5.91 Å². The summed E-state index contributed by atoms with van der Waals surface area (Å²) >= 11 is 0. The Morgan fingerprint density at radius 2 is 1.80 bits per heavy atom. The molecule has 2 aromatic carbocycles. The molecule has 0 aromatic heterocycles. The van der Waals surface area contributed by atoms with Crippen molar-refractivity contribution < 1.29 is 23.1 Å². The second kappa shape index (κ2) is 7.29. The average molecular weight is 346 g/mol.